The van der Waals surface area contributed by atoms with Gasteiger partial charge < -0.3 is 10.1 Å². The summed E-state index contributed by atoms with van der Waals surface area (Å²) < 4.78 is 4.91. The zero-order valence-corrected chi connectivity index (χ0v) is 13.7. The molecule has 0 radical (unpaired) electrons. The molecule has 6 heteroatoms. The fourth-order valence-electron chi connectivity index (χ4n) is 2.60. The van der Waals surface area contributed by atoms with E-state index in [1.807, 2.05) is 0 Å². The van der Waals surface area contributed by atoms with Gasteiger partial charge in [-0.25, -0.2) is 4.98 Å². The maximum Gasteiger partial charge on any atom is 0.316 e. The van der Waals surface area contributed by atoms with Crippen molar-refractivity contribution in [2.24, 2.45) is 5.41 Å². The summed E-state index contributed by atoms with van der Waals surface area (Å²) in [5, 5.41) is 4.22. The van der Waals surface area contributed by atoms with Crippen molar-refractivity contribution < 1.29 is 9.53 Å². The molecule has 1 N–H and O–H groups in total. The van der Waals surface area contributed by atoms with Crippen molar-refractivity contribution in [1.29, 1.82) is 0 Å². The lowest BCUT2D eigenvalue weighted by Gasteiger charge is -2.28. The first-order valence-corrected chi connectivity index (χ1v) is 8.37. The highest BCUT2D eigenvalue weighted by molar-refractivity contribution is 7.99. The molecular weight excluding hydrogens is 286 g/mol. The molecule has 1 fully saturated rings. The third-order valence-electron chi connectivity index (χ3n) is 3.84. The van der Waals surface area contributed by atoms with Crippen molar-refractivity contribution in [2.45, 2.75) is 51.1 Å². The van der Waals surface area contributed by atoms with E-state index < -0.39 is 0 Å². The van der Waals surface area contributed by atoms with Gasteiger partial charge >= 0.3 is 5.97 Å². The standard InChI is InChI=1S/C15H23N3O2S/c1-4-20-14(19)10-21-13-9-16-8-12(18-13)17-11-6-5-7-15(11,2)3/h8-9,11H,4-7,10H2,1-3H3,(H,17,18). The second-order valence-corrected chi connectivity index (χ2v) is 6.91. The molecule has 116 valence electrons. The lowest BCUT2D eigenvalue weighted by atomic mass is 9.87. The normalized spacial score (nSPS) is 20.2. The van der Waals surface area contributed by atoms with Gasteiger partial charge in [-0.15, -0.1) is 0 Å². The van der Waals surface area contributed by atoms with Crippen LogP contribution in [0.25, 0.3) is 0 Å². The van der Waals surface area contributed by atoms with Crippen molar-refractivity contribution in [3.05, 3.63) is 12.4 Å². The van der Waals surface area contributed by atoms with E-state index in [1.54, 1.807) is 19.3 Å². The summed E-state index contributed by atoms with van der Waals surface area (Å²) in [5.41, 5.74) is 0.287. The number of nitrogens with zero attached hydrogens (tertiary/aromatic N) is 2. The van der Waals surface area contributed by atoms with Crippen molar-refractivity contribution in [3.63, 3.8) is 0 Å². The van der Waals surface area contributed by atoms with Crippen LogP contribution in [0, 0.1) is 5.41 Å². The Morgan fingerprint density at radius 1 is 1.52 bits per heavy atom. The van der Waals surface area contributed by atoms with Crippen molar-refractivity contribution >= 4 is 23.5 Å². The molecule has 1 heterocycles. The molecule has 2 rings (SSSR count). The Kier molecular flexibility index (Phi) is 5.45. The van der Waals surface area contributed by atoms with Crippen LogP contribution in [0.5, 0.6) is 0 Å². The van der Waals surface area contributed by atoms with Crippen LogP contribution in [-0.2, 0) is 9.53 Å². The van der Waals surface area contributed by atoms with E-state index in [4.69, 9.17) is 4.74 Å². The SMILES string of the molecule is CCOC(=O)CSc1cncc(NC2CCCC2(C)C)n1. The molecule has 1 aliphatic carbocycles. The molecule has 1 saturated carbocycles. The maximum atomic E-state index is 11.4. The number of hydrogen-bond acceptors (Lipinski definition) is 6. The molecule has 0 spiro atoms. The first kappa shape index (κ1) is 16.1. The predicted molar refractivity (Wildman–Crippen MR) is 84.4 cm³/mol. The molecule has 21 heavy (non-hydrogen) atoms. The molecule has 0 bridgehead atoms. The molecule has 1 aromatic rings. The second-order valence-electron chi connectivity index (χ2n) is 5.91. The Bertz CT molecular complexity index is 494. The second kappa shape index (κ2) is 7.11. The zero-order valence-electron chi connectivity index (χ0n) is 12.9. The molecule has 5 nitrogen and oxygen atoms in total. The van der Waals surface area contributed by atoms with Crippen LogP contribution in [0.15, 0.2) is 17.4 Å². The minimum atomic E-state index is -0.223. The highest BCUT2D eigenvalue weighted by Gasteiger charge is 2.34. The monoisotopic (exact) mass is 309 g/mol. The molecule has 0 aliphatic heterocycles. The quantitative estimate of drug-likeness (QED) is 0.643. The molecule has 1 aliphatic rings. The van der Waals surface area contributed by atoms with Gasteiger partial charge in [-0.05, 0) is 25.2 Å². The van der Waals surface area contributed by atoms with Gasteiger partial charge in [0.25, 0.3) is 0 Å². The number of carbonyl (C=O) groups is 1. The number of esters is 1. The van der Waals surface area contributed by atoms with Crippen LogP contribution in [0.1, 0.15) is 40.0 Å². The van der Waals surface area contributed by atoms with Gasteiger partial charge in [-0.3, -0.25) is 9.78 Å². The molecule has 0 amide bonds. The number of anilines is 1. The van der Waals surface area contributed by atoms with Crippen LogP contribution in [0.3, 0.4) is 0 Å². The summed E-state index contributed by atoms with van der Waals surface area (Å²) in [5.74, 6) is 0.824. The number of aromatic nitrogens is 2. The Labute approximate surface area is 130 Å². The summed E-state index contributed by atoms with van der Waals surface area (Å²) in [7, 11) is 0. The van der Waals surface area contributed by atoms with E-state index in [2.05, 4.69) is 29.1 Å². The first-order valence-electron chi connectivity index (χ1n) is 7.38. The Balaban J connectivity index is 1.93. The largest absolute Gasteiger partial charge is 0.465 e. The highest BCUT2D eigenvalue weighted by atomic mass is 32.2. The molecule has 0 aromatic carbocycles. The summed E-state index contributed by atoms with van der Waals surface area (Å²) in [6.07, 6.45) is 7.05. The molecule has 1 unspecified atom stereocenters. The number of thioether (sulfide) groups is 1. The van der Waals surface area contributed by atoms with E-state index >= 15 is 0 Å². The van der Waals surface area contributed by atoms with Crippen LogP contribution < -0.4 is 5.32 Å². The smallest absolute Gasteiger partial charge is 0.316 e. The zero-order chi connectivity index (χ0) is 15.3. The van der Waals surface area contributed by atoms with Gasteiger partial charge in [0.05, 0.1) is 24.8 Å². The maximum absolute atomic E-state index is 11.4. The van der Waals surface area contributed by atoms with Crippen molar-refractivity contribution in [2.75, 3.05) is 17.7 Å². The van der Waals surface area contributed by atoms with Gasteiger partial charge in [0.2, 0.25) is 0 Å². The predicted octanol–water partition coefficient (Wildman–Crippen LogP) is 3.12. The summed E-state index contributed by atoms with van der Waals surface area (Å²) in [6, 6.07) is 0.428. The number of hydrogen-bond donors (Lipinski definition) is 1. The minimum absolute atomic E-state index is 0.223. The Morgan fingerprint density at radius 2 is 2.33 bits per heavy atom. The molecule has 1 aromatic heterocycles. The van der Waals surface area contributed by atoms with E-state index in [9.17, 15) is 4.79 Å². The van der Waals surface area contributed by atoms with Gasteiger partial charge in [0.1, 0.15) is 10.8 Å². The molecular formula is C15H23N3O2S. The lowest BCUT2D eigenvalue weighted by molar-refractivity contribution is -0.139. The number of ether oxygens (including phenoxy) is 1. The molecule has 0 saturated heterocycles. The van der Waals surface area contributed by atoms with Crippen LogP contribution in [0.4, 0.5) is 5.82 Å². The van der Waals surface area contributed by atoms with Crippen LogP contribution >= 0.6 is 11.8 Å². The first-order chi connectivity index (χ1) is 10.0. The van der Waals surface area contributed by atoms with Gasteiger partial charge in [-0.1, -0.05) is 32.0 Å². The number of rotatable bonds is 6. The van der Waals surface area contributed by atoms with Gasteiger partial charge in [0, 0.05) is 6.04 Å². The number of carbonyl (C=O) groups excluding carboxylic acids is 1. The van der Waals surface area contributed by atoms with Crippen molar-refractivity contribution in [3.8, 4) is 0 Å². The summed E-state index contributed by atoms with van der Waals surface area (Å²) >= 11 is 1.35. The summed E-state index contributed by atoms with van der Waals surface area (Å²) in [4.78, 5) is 20.1. The fraction of sp³-hybridized carbons (Fsp3) is 0.667. The van der Waals surface area contributed by atoms with E-state index in [0.717, 1.165) is 17.3 Å². The fourth-order valence-corrected chi connectivity index (χ4v) is 3.24. The van der Waals surface area contributed by atoms with Crippen molar-refractivity contribution in [1.82, 2.24) is 9.97 Å². The van der Waals surface area contributed by atoms with Gasteiger partial charge in [0.15, 0.2) is 0 Å². The van der Waals surface area contributed by atoms with E-state index in [-0.39, 0.29) is 17.1 Å². The van der Waals surface area contributed by atoms with E-state index in [1.165, 1.54) is 24.6 Å². The molecule has 1 atom stereocenters. The van der Waals surface area contributed by atoms with Crippen LogP contribution in [-0.4, -0.2) is 34.3 Å². The minimum Gasteiger partial charge on any atom is -0.465 e. The average molecular weight is 309 g/mol. The third-order valence-corrected chi connectivity index (χ3v) is 4.71. The average Bonchev–Trinajstić information content (AvgIpc) is 2.77. The highest BCUT2D eigenvalue weighted by Crippen LogP contribution is 2.38. The van der Waals surface area contributed by atoms with Crippen LogP contribution in [0.2, 0.25) is 0 Å². The third kappa shape index (κ3) is 4.59. The Hall–Kier alpha value is -1.30. The number of nitrogens with one attached hydrogen (secondary N) is 1. The van der Waals surface area contributed by atoms with E-state index in [0.29, 0.717) is 12.6 Å². The Morgan fingerprint density at radius 3 is 3.00 bits per heavy atom. The summed E-state index contributed by atoms with van der Waals surface area (Å²) in [6.45, 7) is 6.77. The van der Waals surface area contributed by atoms with Gasteiger partial charge in [-0.2, -0.15) is 0 Å². The topological polar surface area (TPSA) is 64.1 Å². The lowest BCUT2D eigenvalue weighted by Crippen LogP contribution is -2.31.